The van der Waals surface area contributed by atoms with Crippen molar-refractivity contribution < 1.29 is 13.6 Å². The van der Waals surface area contributed by atoms with Crippen LogP contribution < -0.4 is 0 Å². The molecule has 5 heteroatoms. The van der Waals surface area contributed by atoms with E-state index >= 15 is 0 Å². The molecular weight excluding hydrogens is 200 g/mol. The van der Waals surface area contributed by atoms with E-state index in [1.54, 1.807) is 0 Å². The Morgan fingerprint density at radius 2 is 2.23 bits per heavy atom. The molecule has 13 heavy (non-hydrogen) atoms. The maximum atomic E-state index is 12.2. The second kappa shape index (κ2) is 3.79. The molecule has 1 heterocycles. The summed E-state index contributed by atoms with van der Waals surface area (Å²) in [7, 11) is 0. The number of aromatic nitrogens is 1. The van der Waals surface area contributed by atoms with E-state index in [1.165, 1.54) is 13.0 Å². The van der Waals surface area contributed by atoms with Crippen molar-refractivity contribution in [1.82, 2.24) is 4.98 Å². The lowest BCUT2D eigenvalue weighted by Gasteiger charge is -2.04. The number of halogens is 3. The van der Waals surface area contributed by atoms with Crippen molar-refractivity contribution in [3.05, 3.63) is 28.0 Å². The maximum absolute atomic E-state index is 12.2. The summed E-state index contributed by atoms with van der Waals surface area (Å²) in [6.07, 6.45) is -2.18. The Labute approximate surface area is 78.5 Å². The van der Waals surface area contributed by atoms with Crippen LogP contribution in [-0.2, 0) is 0 Å². The fraction of sp³-hybridized carbons (Fsp3) is 0.250. The maximum Gasteiger partial charge on any atom is 0.281 e. The number of hydrogen-bond acceptors (Lipinski definition) is 2. The van der Waals surface area contributed by atoms with Gasteiger partial charge in [-0.05, 0) is 13.0 Å². The van der Waals surface area contributed by atoms with Gasteiger partial charge in [0.2, 0.25) is 0 Å². The molecule has 0 aliphatic rings. The largest absolute Gasteiger partial charge is 0.298 e. The van der Waals surface area contributed by atoms with Crippen molar-refractivity contribution in [1.29, 1.82) is 0 Å². The lowest BCUT2D eigenvalue weighted by molar-refractivity contribution is 0.112. The quantitative estimate of drug-likeness (QED) is 0.695. The number of carbonyl (C=O) groups is 1. The molecule has 0 saturated carbocycles. The third kappa shape index (κ3) is 2.01. The van der Waals surface area contributed by atoms with Crippen molar-refractivity contribution in [3.63, 3.8) is 0 Å². The Balaban J connectivity index is 3.28. The van der Waals surface area contributed by atoms with Gasteiger partial charge in [0, 0.05) is 11.3 Å². The van der Waals surface area contributed by atoms with E-state index in [1.807, 2.05) is 0 Å². The number of pyridine rings is 1. The molecule has 1 aromatic rings. The van der Waals surface area contributed by atoms with Crippen molar-refractivity contribution in [2.45, 2.75) is 13.3 Å². The summed E-state index contributed by atoms with van der Waals surface area (Å²) in [5.41, 5.74) is 0.00821. The van der Waals surface area contributed by atoms with Gasteiger partial charge < -0.3 is 0 Å². The van der Waals surface area contributed by atoms with E-state index in [0.29, 0.717) is 6.29 Å². The van der Waals surface area contributed by atoms with Crippen LogP contribution in [-0.4, -0.2) is 11.3 Å². The van der Waals surface area contributed by atoms with Crippen molar-refractivity contribution >= 4 is 17.9 Å². The summed E-state index contributed by atoms with van der Waals surface area (Å²) >= 11 is 5.47. The molecule has 0 atom stereocenters. The minimum Gasteiger partial charge on any atom is -0.298 e. The van der Waals surface area contributed by atoms with Crippen LogP contribution in [0.3, 0.4) is 0 Å². The van der Waals surface area contributed by atoms with Crippen LogP contribution in [0.25, 0.3) is 0 Å². The van der Waals surface area contributed by atoms with E-state index < -0.39 is 12.1 Å². The van der Waals surface area contributed by atoms with Crippen molar-refractivity contribution in [3.8, 4) is 0 Å². The number of hydrogen-bond donors (Lipinski definition) is 0. The number of nitrogens with zero attached hydrogens (tertiary/aromatic N) is 1. The van der Waals surface area contributed by atoms with Crippen LogP contribution in [0.2, 0.25) is 5.02 Å². The first-order valence-electron chi connectivity index (χ1n) is 3.46. The fourth-order valence-corrected chi connectivity index (χ4v) is 1.13. The average Bonchev–Trinajstić information content (AvgIpc) is 2.07. The van der Waals surface area contributed by atoms with Crippen LogP contribution in [0, 0.1) is 6.92 Å². The molecule has 1 rings (SSSR count). The van der Waals surface area contributed by atoms with Gasteiger partial charge in [0.15, 0.2) is 6.29 Å². The SMILES string of the molecule is Cc1nc(C(F)F)c(Cl)cc1C=O. The van der Waals surface area contributed by atoms with Gasteiger partial charge in [-0.3, -0.25) is 4.79 Å². The topological polar surface area (TPSA) is 30.0 Å². The molecule has 0 aromatic carbocycles. The Kier molecular flexibility index (Phi) is 2.93. The molecule has 2 nitrogen and oxygen atoms in total. The van der Waals surface area contributed by atoms with Crippen LogP contribution in [0.5, 0.6) is 0 Å². The summed E-state index contributed by atoms with van der Waals surface area (Å²) in [5, 5.41) is -0.178. The van der Waals surface area contributed by atoms with Gasteiger partial charge in [-0.15, -0.1) is 0 Å². The molecule has 0 aliphatic carbocycles. The normalized spacial score (nSPS) is 10.5. The Morgan fingerprint density at radius 3 is 2.69 bits per heavy atom. The number of alkyl halides is 2. The molecule has 0 spiro atoms. The predicted molar refractivity (Wildman–Crippen MR) is 44.3 cm³/mol. The highest BCUT2D eigenvalue weighted by atomic mass is 35.5. The molecule has 1 aromatic heterocycles. The summed E-state index contributed by atoms with van der Waals surface area (Å²) in [6, 6.07) is 1.19. The minimum atomic E-state index is -2.72. The molecule has 0 bridgehead atoms. The van der Waals surface area contributed by atoms with Crippen LogP contribution >= 0.6 is 11.6 Å². The lowest BCUT2D eigenvalue weighted by Crippen LogP contribution is -1.98. The van der Waals surface area contributed by atoms with E-state index in [-0.39, 0.29) is 16.3 Å². The molecule has 0 N–H and O–H groups in total. The molecule has 70 valence electrons. The summed E-state index contributed by atoms with van der Waals surface area (Å²) in [5.74, 6) is 0. The van der Waals surface area contributed by atoms with Gasteiger partial charge in [-0.1, -0.05) is 11.6 Å². The summed E-state index contributed by atoms with van der Waals surface area (Å²) in [4.78, 5) is 13.9. The minimum absolute atomic E-state index is 0.178. The van der Waals surface area contributed by atoms with Gasteiger partial charge in [0.1, 0.15) is 5.69 Å². The first kappa shape index (κ1) is 10.1. The second-order valence-corrected chi connectivity index (χ2v) is 2.86. The van der Waals surface area contributed by atoms with Crippen LogP contribution in [0.4, 0.5) is 8.78 Å². The third-order valence-electron chi connectivity index (χ3n) is 1.57. The molecule has 0 fully saturated rings. The van der Waals surface area contributed by atoms with Gasteiger partial charge in [0.25, 0.3) is 6.43 Å². The Bertz CT molecular complexity index is 341. The molecule has 0 saturated heterocycles. The smallest absolute Gasteiger partial charge is 0.281 e. The number of aryl methyl sites for hydroxylation is 1. The number of rotatable bonds is 2. The van der Waals surface area contributed by atoms with Crippen molar-refractivity contribution in [2.24, 2.45) is 0 Å². The molecule has 0 aliphatic heterocycles. The van der Waals surface area contributed by atoms with Gasteiger partial charge in [-0.25, -0.2) is 13.8 Å². The standard InChI is InChI=1S/C8H6ClF2NO/c1-4-5(3-13)2-6(9)7(12-4)8(10)11/h2-3,8H,1H3. The van der Waals surface area contributed by atoms with Gasteiger partial charge in [-0.2, -0.15) is 0 Å². The highest BCUT2D eigenvalue weighted by Gasteiger charge is 2.15. The van der Waals surface area contributed by atoms with Gasteiger partial charge in [0.05, 0.1) is 5.02 Å². The molecule has 0 unspecified atom stereocenters. The van der Waals surface area contributed by atoms with Gasteiger partial charge >= 0.3 is 0 Å². The zero-order valence-electron chi connectivity index (χ0n) is 6.72. The number of aldehydes is 1. The Morgan fingerprint density at radius 1 is 1.62 bits per heavy atom. The zero-order chi connectivity index (χ0) is 10.0. The first-order valence-corrected chi connectivity index (χ1v) is 3.84. The first-order chi connectivity index (χ1) is 6.06. The lowest BCUT2D eigenvalue weighted by atomic mass is 10.2. The van der Waals surface area contributed by atoms with Crippen molar-refractivity contribution in [2.75, 3.05) is 0 Å². The average molecular weight is 206 g/mol. The predicted octanol–water partition coefficient (Wildman–Crippen LogP) is 2.79. The zero-order valence-corrected chi connectivity index (χ0v) is 7.48. The second-order valence-electron chi connectivity index (χ2n) is 2.45. The van der Waals surface area contributed by atoms with Crippen LogP contribution in [0.1, 0.15) is 28.2 Å². The monoisotopic (exact) mass is 205 g/mol. The third-order valence-corrected chi connectivity index (χ3v) is 1.87. The van der Waals surface area contributed by atoms with Crippen LogP contribution in [0.15, 0.2) is 6.07 Å². The molecule has 0 radical (unpaired) electrons. The molecular formula is C8H6ClF2NO. The van der Waals surface area contributed by atoms with E-state index in [4.69, 9.17) is 11.6 Å². The summed E-state index contributed by atoms with van der Waals surface area (Å²) in [6.45, 7) is 1.48. The Hall–Kier alpha value is -1.03. The molecule has 0 amide bonds. The summed E-state index contributed by atoms with van der Waals surface area (Å²) < 4.78 is 24.4. The number of carbonyl (C=O) groups excluding carboxylic acids is 1. The van der Waals surface area contributed by atoms with E-state index in [0.717, 1.165) is 0 Å². The van der Waals surface area contributed by atoms with E-state index in [2.05, 4.69) is 4.98 Å². The highest BCUT2D eigenvalue weighted by Crippen LogP contribution is 2.26. The van der Waals surface area contributed by atoms with E-state index in [9.17, 15) is 13.6 Å². The highest BCUT2D eigenvalue weighted by molar-refractivity contribution is 6.31. The fourth-order valence-electron chi connectivity index (χ4n) is 0.886.